The SMILES string of the molecule is CCn1cc(S(=O)(=O)N2CCCC(C)C2)c(C)n1. The van der Waals surface area contributed by atoms with Crippen molar-refractivity contribution in [3.8, 4) is 0 Å². The monoisotopic (exact) mass is 271 g/mol. The first-order valence-corrected chi connectivity index (χ1v) is 7.93. The Hall–Kier alpha value is -0.880. The highest BCUT2D eigenvalue weighted by molar-refractivity contribution is 7.89. The summed E-state index contributed by atoms with van der Waals surface area (Å²) in [5.41, 5.74) is 0.593. The van der Waals surface area contributed by atoms with Crippen LogP contribution in [0.15, 0.2) is 11.1 Å². The third-order valence-corrected chi connectivity index (χ3v) is 5.43. The Bertz CT molecular complexity index is 521. The Kier molecular flexibility index (Phi) is 3.77. The van der Waals surface area contributed by atoms with Crippen LogP contribution in [0.5, 0.6) is 0 Å². The lowest BCUT2D eigenvalue weighted by atomic mass is 10.0. The number of piperidine rings is 1. The highest BCUT2D eigenvalue weighted by Crippen LogP contribution is 2.24. The molecule has 1 atom stereocenters. The van der Waals surface area contributed by atoms with E-state index in [1.165, 1.54) is 0 Å². The molecule has 0 spiro atoms. The molecule has 18 heavy (non-hydrogen) atoms. The molecule has 0 saturated carbocycles. The van der Waals surface area contributed by atoms with Crippen LogP contribution in [-0.2, 0) is 16.6 Å². The van der Waals surface area contributed by atoms with Crippen molar-refractivity contribution in [3.05, 3.63) is 11.9 Å². The topological polar surface area (TPSA) is 55.2 Å². The zero-order valence-electron chi connectivity index (χ0n) is 11.3. The van der Waals surface area contributed by atoms with Gasteiger partial charge in [-0.15, -0.1) is 0 Å². The minimum Gasteiger partial charge on any atom is -0.271 e. The zero-order chi connectivity index (χ0) is 13.3. The molecule has 1 aliphatic rings. The largest absolute Gasteiger partial charge is 0.271 e. The average Bonchev–Trinajstić information content (AvgIpc) is 2.71. The first kappa shape index (κ1) is 13.5. The van der Waals surface area contributed by atoms with E-state index in [2.05, 4.69) is 12.0 Å². The van der Waals surface area contributed by atoms with Crippen molar-refractivity contribution in [2.24, 2.45) is 5.92 Å². The van der Waals surface area contributed by atoms with Gasteiger partial charge in [-0.1, -0.05) is 6.92 Å². The molecule has 0 N–H and O–H groups in total. The molecule has 1 aromatic rings. The number of sulfonamides is 1. The summed E-state index contributed by atoms with van der Waals surface area (Å²) in [6.45, 7) is 7.75. The number of rotatable bonds is 3. The molecular formula is C12H21N3O2S. The van der Waals surface area contributed by atoms with Gasteiger partial charge in [-0.2, -0.15) is 9.40 Å². The molecular weight excluding hydrogens is 250 g/mol. The van der Waals surface area contributed by atoms with Gasteiger partial charge in [-0.3, -0.25) is 4.68 Å². The third kappa shape index (κ3) is 2.44. The van der Waals surface area contributed by atoms with E-state index < -0.39 is 10.0 Å². The second-order valence-corrected chi connectivity index (χ2v) is 6.95. The van der Waals surface area contributed by atoms with Crippen LogP contribution in [0.25, 0.3) is 0 Å². The summed E-state index contributed by atoms with van der Waals surface area (Å²) in [4.78, 5) is 0.360. The molecule has 1 aromatic heterocycles. The van der Waals surface area contributed by atoms with Crippen LogP contribution < -0.4 is 0 Å². The van der Waals surface area contributed by atoms with Crippen molar-refractivity contribution in [1.29, 1.82) is 0 Å². The van der Waals surface area contributed by atoms with E-state index in [1.54, 1.807) is 22.1 Å². The van der Waals surface area contributed by atoms with E-state index in [1.807, 2.05) is 6.92 Å². The van der Waals surface area contributed by atoms with Gasteiger partial charge in [0, 0.05) is 25.8 Å². The van der Waals surface area contributed by atoms with Crippen LogP contribution in [0, 0.1) is 12.8 Å². The van der Waals surface area contributed by atoms with Gasteiger partial charge in [-0.25, -0.2) is 8.42 Å². The lowest BCUT2D eigenvalue weighted by molar-refractivity contribution is 0.281. The molecule has 0 radical (unpaired) electrons. The van der Waals surface area contributed by atoms with Gasteiger partial charge in [0.1, 0.15) is 4.90 Å². The van der Waals surface area contributed by atoms with Gasteiger partial charge in [0.25, 0.3) is 0 Å². The van der Waals surface area contributed by atoms with Crippen LogP contribution in [0.1, 0.15) is 32.4 Å². The number of aryl methyl sites for hydroxylation is 2. The van der Waals surface area contributed by atoms with Gasteiger partial charge in [0.2, 0.25) is 10.0 Å². The minimum absolute atomic E-state index is 0.360. The van der Waals surface area contributed by atoms with Crippen LogP contribution in [0.2, 0.25) is 0 Å². The second-order valence-electron chi connectivity index (χ2n) is 5.04. The fourth-order valence-corrected chi connectivity index (χ4v) is 4.19. The Morgan fingerprint density at radius 2 is 2.22 bits per heavy atom. The maximum atomic E-state index is 12.6. The maximum Gasteiger partial charge on any atom is 0.246 e. The van der Waals surface area contributed by atoms with Crippen LogP contribution >= 0.6 is 0 Å². The van der Waals surface area contributed by atoms with Gasteiger partial charge in [0.05, 0.1) is 5.69 Å². The summed E-state index contributed by atoms with van der Waals surface area (Å²) in [7, 11) is -3.36. The summed E-state index contributed by atoms with van der Waals surface area (Å²) in [5.74, 6) is 0.440. The predicted molar refractivity (Wildman–Crippen MR) is 69.8 cm³/mol. The highest BCUT2D eigenvalue weighted by Gasteiger charge is 2.31. The van der Waals surface area contributed by atoms with E-state index in [9.17, 15) is 8.42 Å². The predicted octanol–water partition coefficient (Wildman–Crippen LogP) is 1.63. The summed E-state index contributed by atoms with van der Waals surface area (Å²) in [6, 6.07) is 0. The molecule has 1 unspecified atom stereocenters. The molecule has 2 heterocycles. The average molecular weight is 271 g/mol. The number of hydrogen-bond acceptors (Lipinski definition) is 3. The van der Waals surface area contributed by atoms with Crippen LogP contribution in [0.4, 0.5) is 0 Å². The van der Waals surface area contributed by atoms with Crippen molar-refractivity contribution >= 4 is 10.0 Å². The quantitative estimate of drug-likeness (QED) is 0.839. The molecule has 2 rings (SSSR count). The van der Waals surface area contributed by atoms with Crippen molar-refractivity contribution < 1.29 is 8.42 Å². The number of nitrogens with zero attached hydrogens (tertiary/aromatic N) is 3. The fourth-order valence-electron chi connectivity index (χ4n) is 2.42. The van der Waals surface area contributed by atoms with Crippen molar-refractivity contribution in [3.63, 3.8) is 0 Å². The molecule has 0 aliphatic carbocycles. The first-order valence-electron chi connectivity index (χ1n) is 6.49. The second kappa shape index (κ2) is 5.01. The molecule has 102 valence electrons. The Morgan fingerprint density at radius 3 is 2.78 bits per heavy atom. The van der Waals surface area contributed by atoms with E-state index in [4.69, 9.17) is 0 Å². The summed E-state index contributed by atoms with van der Waals surface area (Å²) >= 11 is 0. The Labute approximate surface area is 109 Å². The van der Waals surface area contributed by atoms with Gasteiger partial charge in [-0.05, 0) is 32.6 Å². The Balaban J connectivity index is 2.32. The summed E-state index contributed by atoms with van der Waals surface area (Å²) in [6.07, 6.45) is 3.70. The molecule has 5 nitrogen and oxygen atoms in total. The summed E-state index contributed by atoms with van der Waals surface area (Å²) in [5, 5.41) is 4.22. The first-order chi connectivity index (χ1) is 8.45. The Morgan fingerprint density at radius 1 is 1.50 bits per heavy atom. The third-order valence-electron chi connectivity index (χ3n) is 3.46. The van der Waals surface area contributed by atoms with Gasteiger partial charge >= 0.3 is 0 Å². The van der Waals surface area contributed by atoms with E-state index in [0.29, 0.717) is 36.1 Å². The smallest absolute Gasteiger partial charge is 0.246 e. The normalized spacial score (nSPS) is 22.3. The molecule has 6 heteroatoms. The molecule has 0 bridgehead atoms. The lowest BCUT2D eigenvalue weighted by Crippen LogP contribution is -2.39. The minimum atomic E-state index is -3.36. The number of aromatic nitrogens is 2. The fraction of sp³-hybridized carbons (Fsp3) is 0.750. The summed E-state index contributed by atoms with van der Waals surface area (Å²) < 4.78 is 28.4. The maximum absolute atomic E-state index is 12.6. The molecule has 0 amide bonds. The van der Waals surface area contributed by atoms with E-state index in [0.717, 1.165) is 12.8 Å². The van der Waals surface area contributed by atoms with Gasteiger partial charge in [0.15, 0.2) is 0 Å². The molecule has 1 aliphatic heterocycles. The van der Waals surface area contributed by atoms with Crippen molar-refractivity contribution in [1.82, 2.24) is 14.1 Å². The van der Waals surface area contributed by atoms with Crippen molar-refractivity contribution in [2.75, 3.05) is 13.1 Å². The molecule has 0 aromatic carbocycles. The zero-order valence-corrected chi connectivity index (χ0v) is 12.1. The van der Waals surface area contributed by atoms with E-state index in [-0.39, 0.29) is 0 Å². The van der Waals surface area contributed by atoms with Crippen molar-refractivity contribution in [2.45, 2.75) is 45.1 Å². The highest BCUT2D eigenvalue weighted by atomic mass is 32.2. The lowest BCUT2D eigenvalue weighted by Gasteiger charge is -2.29. The van der Waals surface area contributed by atoms with Gasteiger partial charge < -0.3 is 0 Å². The van der Waals surface area contributed by atoms with E-state index >= 15 is 0 Å². The van der Waals surface area contributed by atoms with Crippen LogP contribution in [0.3, 0.4) is 0 Å². The van der Waals surface area contributed by atoms with Crippen LogP contribution in [-0.4, -0.2) is 35.6 Å². The molecule has 1 fully saturated rings. The molecule has 1 saturated heterocycles. The number of hydrogen-bond donors (Lipinski definition) is 0. The standard InChI is InChI=1S/C12H21N3O2S/c1-4-14-9-12(11(3)13-14)18(16,17)15-7-5-6-10(2)8-15/h9-10H,4-8H2,1-3H3.